The minimum Gasteiger partial charge on any atom is -0.357 e. The van der Waals surface area contributed by atoms with Crippen molar-refractivity contribution in [3.05, 3.63) is 24.0 Å². The Morgan fingerprint density at radius 1 is 1.22 bits per heavy atom. The van der Waals surface area contributed by atoms with Crippen LogP contribution in [0.15, 0.2) is 18.3 Å². The Bertz CT molecular complexity index is 379. The third-order valence-corrected chi connectivity index (χ3v) is 4.13. The summed E-state index contributed by atoms with van der Waals surface area (Å²) in [5.41, 5.74) is 0.718. The number of rotatable bonds is 1. The van der Waals surface area contributed by atoms with Gasteiger partial charge in [-0.25, -0.2) is 0 Å². The van der Waals surface area contributed by atoms with Gasteiger partial charge in [-0.1, -0.05) is 0 Å². The van der Waals surface area contributed by atoms with Crippen LogP contribution in [-0.4, -0.2) is 42.0 Å². The third-order valence-electron chi connectivity index (χ3n) is 4.13. The molecule has 0 radical (unpaired) electrons. The molecule has 1 amide bonds. The zero-order chi connectivity index (χ0) is 11.7. The fraction of sp³-hybridized carbons (Fsp3) is 0.615. The average Bonchev–Trinajstić information content (AvgIpc) is 2.97. The molecule has 0 aromatic carbocycles. The summed E-state index contributed by atoms with van der Waals surface area (Å²) in [5.74, 6) is 1.70. The lowest BCUT2D eigenvalue weighted by Gasteiger charge is -2.20. The fourth-order valence-corrected chi connectivity index (χ4v) is 3.05. The molecule has 0 unspecified atom stereocenters. The molecule has 5 heteroatoms. The first kappa shape index (κ1) is 13.4. The van der Waals surface area contributed by atoms with Gasteiger partial charge >= 0.3 is 0 Å². The Labute approximate surface area is 114 Å². The summed E-state index contributed by atoms with van der Waals surface area (Å²) in [7, 11) is 0. The molecule has 3 heterocycles. The van der Waals surface area contributed by atoms with Crippen molar-refractivity contribution in [1.29, 1.82) is 0 Å². The lowest BCUT2D eigenvalue weighted by molar-refractivity contribution is 0.0753. The number of H-pyrrole nitrogens is 1. The molecule has 100 valence electrons. The molecule has 0 bridgehead atoms. The van der Waals surface area contributed by atoms with E-state index in [1.54, 1.807) is 0 Å². The van der Waals surface area contributed by atoms with Gasteiger partial charge in [-0.15, -0.1) is 12.4 Å². The van der Waals surface area contributed by atoms with Crippen molar-refractivity contribution >= 4 is 18.3 Å². The quantitative estimate of drug-likeness (QED) is 0.812. The molecule has 0 spiro atoms. The number of carbonyl (C=O) groups excluding carboxylic acids is 1. The number of likely N-dealkylation sites (tertiary alicyclic amines) is 1. The van der Waals surface area contributed by atoms with E-state index in [1.165, 1.54) is 0 Å². The summed E-state index contributed by atoms with van der Waals surface area (Å²) >= 11 is 0. The number of aromatic nitrogens is 1. The van der Waals surface area contributed by atoms with E-state index in [0.717, 1.165) is 56.6 Å². The Morgan fingerprint density at radius 3 is 2.44 bits per heavy atom. The molecule has 18 heavy (non-hydrogen) atoms. The summed E-state index contributed by atoms with van der Waals surface area (Å²) < 4.78 is 0. The number of nitrogens with zero attached hydrogens (tertiary/aromatic N) is 1. The fourth-order valence-electron chi connectivity index (χ4n) is 3.05. The second-order valence-corrected chi connectivity index (χ2v) is 5.13. The maximum atomic E-state index is 12.2. The second kappa shape index (κ2) is 5.76. The van der Waals surface area contributed by atoms with Crippen LogP contribution in [0.25, 0.3) is 0 Å². The highest BCUT2D eigenvalue weighted by Crippen LogP contribution is 2.27. The highest BCUT2D eigenvalue weighted by atomic mass is 35.5. The summed E-state index contributed by atoms with van der Waals surface area (Å²) in [6.07, 6.45) is 4.10. The predicted octanol–water partition coefficient (Wildman–Crippen LogP) is 1.51. The van der Waals surface area contributed by atoms with Crippen molar-refractivity contribution in [1.82, 2.24) is 15.2 Å². The lowest BCUT2D eigenvalue weighted by atomic mass is 9.92. The number of aromatic amines is 1. The van der Waals surface area contributed by atoms with Gasteiger partial charge in [-0.2, -0.15) is 0 Å². The third kappa shape index (κ3) is 2.54. The molecule has 0 saturated carbocycles. The topological polar surface area (TPSA) is 48.1 Å². The summed E-state index contributed by atoms with van der Waals surface area (Å²) in [6, 6.07) is 3.74. The van der Waals surface area contributed by atoms with Crippen LogP contribution in [0.1, 0.15) is 23.3 Å². The van der Waals surface area contributed by atoms with Crippen molar-refractivity contribution in [2.75, 3.05) is 26.2 Å². The molecular formula is C13H20ClN3O. The van der Waals surface area contributed by atoms with E-state index in [0.29, 0.717) is 0 Å². The lowest BCUT2D eigenvalue weighted by Crippen LogP contribution is -2.32. The van der Waals surface area contributed by atoms with Gasteiger partial charge in [0.25, 0.3) is 5.91 Å². The highest BCUT2D eigenvalue weighted by molar-refractivity contribution is 5.92. The summed E-state index contributed by atoms with van der Waals surface area (Å²) in [6.45, 7) is 4.08. The Kier molecular flexibility index (Phi) is 4.30. The van der Waals surface area contributed by atoms with E-state index >= 15 is 0 Å². The van der Waals surface area contributed by atoms with E-state index in [2.05, 4.69) is 10.3 Å². The molecule has 2 atom stereocenters. The minimum atomic E-state index is 0. The predicted molar refractivity (Wildman–Crippen MR) is 73.0 cm³/mol. The zero-order valence-electron chi connectivity index (χ0n) is 10.4. The van der Waals surface area contributed by atoms with E-state index in [-0.39, 0.29) is 18.3 Å². The van der Waals surface area contributed by atoms with Crippen molar-refractivity contribution in [2.45, 2.75) is 12.8 Å². The number of hydrogen-bond acceptors (Lipinski definition) is 2. The number of hydrogen-bond donors (Lipinski definition) is 2. The van der Waals surface area contributed by atoms with Gasteiger partial charge in [0.2, 0.25) is 0 Å². The van der Waals surface area contributed by atoms with Crippen LogP contribution in [0.3, 0.4) is 0 Å². The van der Waals surface area contributed by atoms with Crippen LogP contribution in [0, 0.1) is 11.8 Å². The number of amides is 1. The molecule has 4 nitrogen and oxygen atoms in total. The largest absolute Gasteiger partial charge is 0.357 e. The van der Waals surface area contributed by atoms with Gasteiger partial charge in [0.15, 0.2) is 0 Å². The first-order valence-electron chi connectivity index (χ1n) is 6.48. The van der Waals surface area contributed by atoms with E-state index in [4.69, 9.17) is 0 Å². The van der Waals surface area contributed by atoms with Crippen molar-refractivity contribution in [3.63, 3.8) is 0 Å². The molecule has 2 fully saturated rings. The maximum Gasteiger partial charge on any atom is 0.270 e. The number of nitrogens with one attached hydrogen (secondary N) is 2. The zero-order valence-corrected chi connectivity index (χ0v) is 11.2. The first-order chi connectivity index (χ1) is 8.34. The van der Waals surface area contributed by atoms with Gasteiger partial charge in [0, 0.05) is 19.3 Å². The smallest absolute Gasteiger partial charge is 0.270 e. The first-order valence-corrected chi connectivity index (χ1v) is 6.48. The van der Waals surface area contributed by atoms with Crippen LogP contribution in [-0.2, 0) is 0 Å². The monoisotopic (exact) mass is 269 g/mol. The van der Waals surface area contributed by atoms with E-state index in [9.17, 15) is 4.79 Å². The molecule has 2 aliphatic heterocycles. The van der Waals surface area contributed by atoms with Gasteiger partial charge in [-0.3, -0.25) is 4.79 Å². The normalized spacial score (nSPS) is 27.2. The molecule has 1 aromatic rings. The Balaban J connectivity index is 0.00000120. The minimum absolute atomic E-state index is 0. The second-order valence-electron chi connectivity index (χ2n) is 5.13. The van der Waals surface area contributed by atoms with Crippen molar-refractivity contribution in [2.24, 2.45) is 11.8 Å². The molecule has 2 N–H and O–H groups in total. The SMILES string of the molecule is Cl.O=C(c1ccc[nH]1)N1CC[C@@H]2CNC[C@@H]2CC1. The van der Waals surface area contributed by atoms with Gasteiger partial charge < -0.3 is 15.2 Å². The standard InChI is InChI=1S/C13H19N3O.ClH/c17-13(12-2-1-5-15-12)16-6-3-10-8-14-9-11(10)4-7-16;/h1-2,5,10-11,14-15H,3-4,6-9H2;1H/t10-,11+;. The van der Waals surface area contributed by atoms with E-state index in [1.807, 2.05) is 23.2 Å². The van der Waals surface area contributed by atoms with Crippen molar-refractivity contribution in [3.8, 4) is 0 Å². The van der Waals surface area contributed by atoms with Crippen LogP contribution in [0.5, 0.6) is 0 Å². The molecule has 3 rings (SSSR count). The van der Waals surface area contributed by atoms with Gasteiger partial charge in [0.1, 0.15) is 5.69 Å². The van der Waals surface area contributed by atoms with Gasteiger partial charge in [-0.05, 0) is 49.9 Å². The van der Waals surface area contributed by atoms with Crippen molar-refractivity contribution < 1.29 is 4.79 Å². The number of halogens is 1. The van der Waals surface area contributed by atoms with E-state index < -0.39 is 0 Å². The summed E-state index contributed by atoms with van der Waals surface area (Å²) in [5, 5.41) is 3.45. The van der Waals surface area contributed by atoms with Gasteiger partial charge in [0.05, 0.1) is 0 Å². The van der Waals surface area contributed by atoms with Crippen LogP contribution in [0.4, 0.5) is 0 Å². The average molecular weight is 270 g/mol. The number of fused-ring (bicyclic) bond motifs is 1. The Morgan fingerprint density at radius 2 is 1.89 bits per heavy atom. The van der Waals surface area contributed by atoms with Crippen LogP contribution < -0.4 is 5.32 Å². The molecule has 0 aliphatic carbocycles. The molecule has 2 saturated heterocycles. The summed E-state index contributed by atoms with van der Waals surface area (Å²) in [4.78, 5) is 17.2. The number of carbonyl (C=O) groups is 1. The van der Waals surface area contributed by atoms with Crippen LogP contribution in [0.2, 0.25) is 0 Å². The van der Waals surface area contributed by atoms with Crippen LogP contribution >= 0.6 is 12.4 Å². The molecule has 2 aliphatic rings. The Hall–Kier alpha value is -1.00. The molecule has 1 aromatic heterocycles. The molecular weight excluding hydrogens is 250 g/mol. The highest BCUT2D eigenvalue weighted by Gasteiger charge is 2.31. The maximum absolute atomic E-state index is 12.2.